The highest BCUT2D eigenvalue weighted by Crippen LogP contribution is 2.14. The van der Waals surface area contributed by atoms with Crippen molar-refractivity contribution in [1.82, 2.24) is 0 Å². The van der Waals surface area contributed by atoms with Gasteiger partial charge in [0.05, 0.1) is 13.5 Å². The van der Waals surface area contributed by atoms with Crippen molar-refractivity contribution in [3.8, 4) is 5.75 Å². The smallest absolute Gasteiger partial charge is 0.296 e. The fraction of sp³-hybridized carbons (Fsp3) is 0.273. The van der Waals surface area contributed by atoms with Crippen molar-refractivity contribution >= 4 is 11.6 Å². The van der Waals surface area contributed by atoms with E-state index in [4.69, 9.17) is 4.74 Å². The molecule has 1 rings (SSSR count). The quantitative estimate of drug-likeness (QED) is 0.572. The van der Waals surface area contributed by atoms with Gasteiger partial charge in [-0.1, -0.05) is 12.1 Å². The first kappa shape index (κ1) is 12.3. The summed E-state index contributed by atoms with van der Waals surface area (Å²) in [6.45, 7) is 0. The van der Waals surface area contributed by atoms with Gasteiger partial charge in [0.2, 0.25) is 5.78 Å². The lowest BCUT2D eigenvalue weighted by molar-refractivity contribution is -0.128. The first-order valence-electron chi connectivity index (χ1n) is 4.52. The van der Waals surface area contributed by atoms with E-state index in [2.05, 4.69) is 0 Å². The molecule has 0 aromatic heterocycles. The summed E-state index contributed by atoms with van der Waals surface area (Å²) >= 11 is 0. The van der Waals surface area contributed by atoms with Crippen molar-refractivity contribution in [3.63, 3.8) is 0 Å². The molecule has 0 heterocycles. The minimum atomic E-state index is -3.10. The van der Waals surface area contributed by atoms with E-state index in [-0.39, 0.29) is 5.56 Å². The number of alkyl halides is 2. The zero-order valence-electron chi connectivity index (χ0n) is 8.57. The van der Waals surface area contributed by atoms with Crippen LogP contribution in [0, 0.1) is 0 Å². The highest BCUT2D eigenvalue weighted by atomic mass is 19.3. The molecule has 0 fully saturated rings. The molecule has 0 atom stereocenters. The first-order valence-corrected chi connectivity index (χ1v) is 4.52. The second kappa shape index (κ2) is 5.34. The van der Waals surface area contributed by atoms with Crippen LogP contribution < -0.4 is 4.74 Å². The lowest BCUT2D eigenvalue weighted by Gasteiger charge is -2.03. The monoisotopic (exact) mass is 228 g/mol. The fourth-order valence-electron chi connectivity index (χ4n) is 1.13. The SMILES string of the molecule is COc1cccc(C(=O)CC(=O)C(F)F)c1. The second-order valence-corrected chi connectivity index (χ2v) is 3.10. The van der Waals surface area contributed by atoms with Gasteiger partial charge in [-0.25, -0.2) is 8.78 Å². The molecule has 0 unspecified atom stereocenters. The molecule has 1 aromatic rings. The maximum absolute atomic E-state index is 11.9. The number of carbonyl (C=O) groups excluding carboxylic acids is 2. The van der Waals surface area contributed by atoms with Crippen LogP contribution in [0.1, 0.15) is 16.8 Å². The number of hydrogen-bond acceptors (Lipinski definition) is 3. The van der Waals surface area contributed by atoms with Gasteiger partial charge in [-0.3, -0.25) is 9.59 Å². The molecule has 0 aliphatic carbocycles. The van der Waals surface area contributed by atoms with E-state index in [1.165, 1.54) is 19.2 Å². The predicted molar refractivity (Wildman–Crippen MR) is 53.0 cm³/mol. The van der Waals surface area contributed by atoms with E-state index in [9.17, 15) is 18.4 Å². The molecule has 1 aromatic carbocycles. The molecule has 16 heavy (non-hydrogen) atoms. The summed E-state index contributed by atoms with van der Waals surface area (Å²) in [5.41, 5.74) is 0.188. The summed E-state index contributed by atoms with van der Waals surface area (Å²) in [4.78, 5) is 22.1. The third-order valence-corrected chi connectivity index (χ3v) is 1.97. The van der Waals surface area contributed by atoms with Gasteiger partial charge in [0, 0.05) is 5.56 Å². The number of ketones is 2. The fourth-order valence-corrected chi connectivity index (χ4v) is 1.13. The number of rotatable bonds is 5. The lowest BCUT2D eigenvalue weighted by Crippen LogP contribution is -2.15. The molecule has 0 aliphatic rings. The molecular weight excluding hydrogens is 218 g/mol. The molecule has 0 bridgehead atoms. The van der Waals surface area contributed by atoms with Gasteiger partial charge in [0.25, 0.3) is 6.43 Å². The Kier molecular flexibility index (Phi) is 4.10. The number of halogens is 2. The van der Waals surface area contributed by atoms with Gasteiger partial charge >= 0.3 is 0 Å². The Morgan fingerprint density at radius 1 is 1.38 bits per heavy atom. The normalized spacial score (nSPS) is 10.2. The number of ether oxygens (including phenoxy) is 1. The van der Waals surface area contributed by atoms with Crippen molar-refractivity contribution < 1.29 is 23.1 Å². The molecule has 0 aliphatic heterocycles. The standard InChI is InChI=1S/C11H10F2O3/c1-16-8-4-2-3-7(5-8)9(14)6-10(15)11(12)13/h2-5,11H,6H2,1H3. The largest absolute Gasteiger partial charge is 0.497 e. The van der Waals surface area contributed by atoms with Crippen LogP contribution in [0.25, 0.3) is 0 Å². The van der Waals surface area contributed by atoms with Crippen molar-refractivity contribution in [1.29, 1.82) is 0 Å². The molecule has 86 valence electrons. The van der Waals surface area contributed by atoms with Crippen molar-refractivity contribution in [2.45, 2.75) is 12.8 Å². The van der Waals surface area contributed by atoms with Crippen molar-refractivity contribution in [3.05, 3.63) is 29.8 Å². The van der Waals surface area contributed by atoms with Crippen LogP contribution in [0.5, 0.6) is 5.75 Å². The number of benzene rings is 1. The van der Waals surface area contributed by atoms with Gasteiger partial charge in [-0.2, -0.15) is 0 Å². The van der Waals surface area contributed by atoms with Crippen LogP contribution in [0.2, 0.25) is 0 Å². The van der Waals surface area contributed by atoms with Crippen LogP contribution in [0.15, 0.2) is 24.3 Å². The summed E-state index contributed by atoms with van der Waals surface area (Å²) in [6, 6.07) is 6.02. The van der Waals surface area contributed by atoms with Crippen LogP contribution >= 0.6 is 0 Å². The number of methoxy groups -OCH3 is 1. The van der Waals surface area contributed by atoms with Crippen molar-refractivity contribution in [2.75, 3.05) is 7.11 Å². The van der Waals surface area contributed by atoms with Gasteiger partial charge in [-0.05, 0) is 12.1 Å². The average molecular weight is 228 g/mol. The highest BCUT2D eigenvalue weighted by Gasteiger charge is 2.20. The van der Waals surface area contributed by atoms with Gasteiger partial charge in [0.15, 0.2) is 5.78 Å². The summed E-state index contributed by atoms with van der Waals surface area (Å²) in [7, 11) is 1.42. The molecule has 5 heteroatoms. The second-order valence-electron chi connectivity index (χ2n) is 3.10. The molecule has 0 radical (unpaired) electrons. The Bertz CT molecular complexity index is 402. The van der Waals surface area contributed by atoms with E-state index in [1.54, 1.807) is 12.1 Å². The minimum Gasteiger partial charge on any atom is -0.497 e. The number of Topliss-reactive ketones (excluding diaryl/α,β-unsaturated/α-hetero) is 2. The Labute approximate surface area is 91.0 Å². The zero-order chi connectivity index (χ0) is 12.1. The predicted octanol–water partition coefficient (Wildman–Crippen LogP) is 2.10. The topological polar surface area (TPSA) is 43.4 Å². The molecular formula is C11H10F2O3. The molecule has 3 nitrogen and oxygen atoms in total. The Morgan fingerprint density at radius 2 is 2.06 bits per heavy atom. The minimum absolute atomic E-state index is 0.188. The molecule has 0 spiro atoms. The lowest BCUT2D eigenvalue weighted by atomic mass is 10.1. The van der Waals surface area contributed by atoms with E-state index >= 15 is 0 Å². The molecule has 0 amide bonds. The Hall–Kier alpha value is -1.78. The maximum atomic E-state index is 11.9. The van der Waals surface area contributed by atoms with Crippen LogP contribution in [-0.2, 0) is 4.79 Å². The first-order chi connectivity index (χ1) is 7.54. The van der Waals surface area contributed by atoms with E-state index in [0.29, 0.717) is 5.75 Å². The molecule has 0 saturated heterocycles. The van der Waals surface area contributed by atoms with Crippen LogP contribution in [-0.4, -0.2) is 25.1 Å². The third-order valence-electron chi connectivity index (χ3n) is 1.97. The summed E-state index contributed by atoms with van der Waals surface area (Å²) in [6.07, 6.45) is -3.89. The van der Waals surface area contributed by atoms with Gasteiger partial charge in [0.1, 0.15) is 5.75 Å². The van der Waals surface area contributed by atoms with Crippen LogP contribution in [0.3, 0.4) is 0 Å². The Balaban J connectivity index is 2.76. The van der Waals surface area contributed by atoms with Crippen LogP contribution in [0.4, 0.5) is 8.78 Å². The molecule has 0 N–H and O–H groups in total. The third kappa shape index (κ3) is 3.12. The molecule has 0 saturated carbocycles. The van der Waals surface area contributed by atoms with E-state index in [0.717, 1.165) is 0 Å². The summed E-state index contributed by atoms with van der Waals surface area (Å²) in [5, 5.41) is 0. The van der Waals surface area contributed by atoms with E-state index < -0.39 is 24.4 Å². The van der Waals surface area contributed by atoms with Gasteiger partial charge < -0.3 is 4.74 Å². The average Bonchev–Trinajstić information content (AvgIpc) is 2.28. The summed E-state index contributed by atoms with van der Waals surface area (Å²) in [5.74, 6) is -1.56. The highest BCUT2D eigenvalue weighted by molar-refractivity contribution is 6.08. The summed E-state index contributed by atoms with van der Waals surface area (Å²) < 4.78 is 28.7. The van der Waals surface area contributed by atoms with E-state index in [1.807, 2.05) is 0 Å². The van der Waals surface area contributed by atoms with Gasteiger partial charge in [-0.15, -0.1) is 0 Å². The number of hydrogen-bond donors (Lipinski definition) is 0. The maximum Gasteiger partial charge on any atom is 0.296 e. The Morgan fingerprint density at radius 3 is 2.62 bits per heavy atom. The zero-order valence-corrected chi connectivity index (χ0v) is 8.57. The van der Waals surface area contributed by atoms with Crippen molar-refractivity contribution in [2.24, 2.45) is 0 Å². The number of carbonyl (C=O) groups is 2.